The number of nitrogens with two attached hydrogens (primary N) is 1. The van der Waals surface area contributed by atoms with E-state index in [9.17, 15) is 8.42 Å². The molecular formula is C9H13N3O2S2. The molecule has 1 heterocycles. The summed E-state index contributed by atoms with van der Waals surface area (Å²) in [5, 5.41) is 8.62. The van der Waals surface area contributed by atoms with Crippen LogP contribution in [0.2, 0.25) is 0 Å². The number of thiophene rings is 1. The lowest BCUT2D eigenvalue weighted by Gasteiger charge is -2.23. The standard InChI is InChI=1S/C9H13N3O2S2/c1-9(2,6-11)12-16(13,14)8-4-3-7(5-10)15-8/h3-4,12H,6,11H2,1-2H3. The SMILES string of the molecule is CC(C)(CN)NS(=O)(=O)c1ccc(C#N)s1. The van der Waals surface area contributed by atoms with Crippen LogP contribution in [0.1, 0.15) is 18.7 Å². The molecule has 88 valence electrons. The topological polar surface area (TPSA) is 96.0 Å². The first-order valence-corrected chi connectivity index (χ1v) is 6.85. The van der Waals surface area contributed by atoms with Gasteiger partial charge in [0.1, 0.15) is 15.2 Å². The predicted octanol–water partition coefficient (Wildman–Crippen LogP) is 0.635. The highest BCUT2D eigenvalue weighted by molar-refractivity contribution is 7.91. The molecule has 0 bridgehead atoms. The fourth-order valence-electron chi connectivity index (χ4n) is 0.980. The third-order valence-electron chi connectivity index (χ3n) is 1.88. The molecule has 1 aromatic rings. The Balaban J connectivity index is 3.00. The number of rotatable bonds is 4. The normalized spacial score (nSPS) is 12.4. The third kappa shape index (κ3) is 3.02. The Kier molecular flexibility index (Phi) is 3.70. The monoisotopic (exact) mass is 259 g/mol. The molecule has 0 aliphatic carbocycles. The quantitative estimate of drug-likeness (QED) is 0.829. The first-order valence-electron chi connectivity index (χ1n) is 4.55. The molecule has 16 heavy (non-hydrogen) atoms. The van der Waals surface area contributed by atoms with Crippen molar-refractivity contribution >= 4 is 21.4 Å². The Morgan fingerprint density at radius 2 is 2.19 bits per heavy atom. The molecule has 0 atom stereocenters. The summed E-state index contributed by atoms with van der Waals surface area (Å²) in [6, 6.07) is 4.79. The Hall–Kier alpha value is -0.940. The van der Waals surface area contributed by atoms with E-state index >= 15 is 0 Å². The Bertz CT molecular complexity index is 511. The van der Waals surface area contributed by atoms with Gasteiger partial charge in [-0.1, -0.05) is 0 Å². The summed E-state index contributed by atoms with van der Waals surface area (Å²) in [6.07, 6.45) is 0. The minimum atomic E-state index is -3.58. The second kappa shape index (κ2) is 4.51. The molecule has 3 N–H and O–H groups in total. The van der Waals surface area contributed by atoms with E-state index in [0.717, 1.165) is 11.3 Å². The highest BCUT2D eigenvalue weighted by Gasteiger charge is 2.26. The lowest BCUT2D eigenvalue weighted by atomic mass is 10.1. The van der Waals surface area contributed by atoms with Gasteiger partial charge in [-0.3, -0.25) is 0 Å². The minimum Gasteiger partial charge on any atom is -0.329 e. The number of nitrogens with one attached hydrogen (secondary N) is 1. The molecule has 0 fully saturated rings. The van der Waals surface area contributed by atoms with E-state index in [1.54, 1.807) is 13.8 Å². The van der Waals surface area contributed by atoms with Crippen molar-refractivity contribution in [1.82, 2.24) is 4.72 Å². The van der Waals surface area contributed by atoms with E-state index in [2.05, 4.69) is 4.72 Å². The lowest BCUT2D eigenvalue weighted by Crippen LogP contribution is -2.48. The Morgan fingerprint density at radius 1 is 1.56 bits per heavy atom. The molecule has 0 aromatic carbocycles. The number of hydrogen-bond acceptors (Lipinski definition) is 5. The van der Waals surface area contributed by atoms with Gasteiger partial charge in [0.05, 0.1) is 0 Å². The smallest absolute Gasteiger partial charge is 0.250 e. The zero-order chi connectivity index (χ0) is 12.4. The van der Waals surface area contributed by atoms with Crippen LogP contribution in [-0.4, -0.2) is 20.5 Å². The fourth-order valence-corrected chi connectivity index (χ4v) is 3.51. The van der Waals surface area contributed by atoms with Crippen LogP contribution < -0.4 is 10.5 Å². The van der Waals surface area contributed by atoms with Crippen molar-refractivity contribution in [2.75, 3.05) is 6.54 Å². The van der Waals surface area contributed by atoms with Crippen molar-refractivity contribution in [1.29, 1.82) is 5.26 Å². The molecule has 0 spiro atoms. The molecular weight excluding hydrogens is 246 g/mol. The molecule has 1 rings (SSSR count). The van der Waals surface area contributed by atoms with Gasteiger partial charge in [-0.15, -0.1) is 11.3 Å². The summed E-state index contributed by atoms with van der Waals surface area (Å²) < 4.78 is 26.4. The van der Waals surface area contributed by atoms with Gasteiger partial charge in [0.2, 0.25) is 0 Å². The van der Waals surface area contributed by atoms with Gasteiger partial charge in [0.25, 0.3) is 10.0 Å². The number of nitriles is 1. The molecule has 0 amide bonds. The largest absolute Gasteiger partial charge is 0.329 e. The van der Waals surface area contributed by atoms with Gasteiger partial charge < -0.3 is 5.73 Å². The first-order chi connectivity index (χ1) is 7.30. The second-order valence-electron chi connectivity index (χ2n) is 3.92. The van der Waals surface area contributed by atoms with Crippen LogP contribution in [0.4, 0.5) is 0 Å². The van der Waals surface area contributed by atoms with Crippen molar-refractivity contribution in [2.24, 2.45) is 5.73 Å². The minimum absolute atomic E-state index is 0.130. The zero-order valence-electron chi connectivity index (χ0n) is 9.02. The highest BCUT2D eigenvalue weighted by atomic mass is 32.2. The summed E-state index contributed by atoms with van der Waals surface area (Å²) in [4.78, 5) is 0.367. The average molecular weight is 259 g/mol. The number of hydrogen-bond donors (Lipinski definition) is 2. The van der Waals surface area contributed by atoms with Crippen molar-refractivity contribution in [2.45, 2.75) is 23.6 Å². The molecule has 7 heteroatoms. The Labute approximate surface area is 98.9 Å². The molecule has 0 aliphatic rings. The predicted molar refractivity (Wildman–Crippen MR) is 62.5 cm³/mol. The maximum absolute atomic E-state index is 11.9. The molecule has 0 saturated heterocycles. The van der Waals surface area contributed by atoms with Crippen LogP contribution >= 0.6 is 11.3 Å². The van der Waals surface area contributed by atoms with E-state index in [1.807, 2.05) is 6.07 Å². The summed E-state index contributed by atoms with van der Waals surface area (Å²) in [5.74, 6) is 0. The van der Waals surface area contributed by atoms with Gasteiger partial charge in [-0.25, -0.2) is 13.1 Å². The van der Waals surface area contributed by atoms with Gasteiger partial charge in [-0.2, -0.15) is 5.26 Å². The number of sulfonamides is 1. The van der Waals surface area contributed by atoms with Crippen LogP contribution in [0.15, 0.2) is 16.3 Å². The average Bonchev–Trinajstić information content (AvgIpc) is 2.65. The molecule has 1 aromatic heterocycles. The van der Waals surface area contributed by atoms with Crippen molar-refractivity contribution in [3.63, 3.8) is 0 Å². The second-order valence-corrected chi connectivity index (χ2v) is 6.92. The lowest BCUT2D eigenvalue weighted by molar-refractivity contribution is 0.463. The van der Waals surface area contributed by atoms with E-state index < -0.39 is 15.6 Å². The molecule has 0 aliphatic heterocycles. The molecule has 0 unspecified atom stereocenters. The molecule has 5 nitrogen and oxygen atoms in total. The summed E-state index contributed by atoms with van der Waals surface area (Å²) in [5.41, 5.74) is 4.75. The highest BCUT2D eigenvalue weighted by Crippen LogP contribution is 2.21. The van der Waals surface area contributed by atoms with Crippen molar-refractivity contribution in [3.8, 4) is 6.07 Å². The first kappa shape index (κ1) is 13.1. The van der Waals surface area contributed by atoms with Gasteiger partial charge >= 0.3 is 0 Å². The zero-order valence-corrected chi connectivity index (χ0v) is 10.7. The van der Waals surface area contributed by atoms with E-state index in [1.165, 1.54) is 12.1 Å². The van der Waals surface area contributed by atoms with Crippen molar-refractivity contribution < 1.29 is 8.42 Å². The molecule has 0 saturated carbocycles. The third-order valence-corrected chi connectivity index (χ3v) is 5.06. The van der Waals surface area contributed by atoms with Crippen LogP contribution in [0.3, 0.4) is 0 Å². The van der Waals surface area contributed by atoms with Gasteiger partial charge in [0, 0.05) is 12.1 Å². The van der Waals surface area contributed by atoms with E-state index in [4.69, 9.17) is 11.0 Å². The van der Waals surface area contributed by atoms with Crippen molar-refractivity contribution in [3.05, 3.63) is 17.0 Å². The van der Waals surface area contributed by atoms with Crippen LogP contribution in [-0.2, 0) is 10.0 Å². The summed E-state index contributed by atoms with van der Waals surface area (Å²) >= 11 is 0.939. The maximum Gasteiger partial charge on any atom is 0.250 e. The van der Waals surface area contributed by atoms with Gasteiger partial charge in [0.15, 0.2) is 0 Å². The van der Waals surface area contributed by atoms with E-state index in [0.29, 0.717) is 4.88 Å². The fraction of sp³-hybridized carbons (Fsp3) is 0.444. The van der Waals surface area contributed by atoms with E-state index in [-0.39, 0.29) is 10.8 Å². The van der Waals surface area contributed by atoms with Gasteiger partial charge in [-0.05, 0) is 26.0 Å². The summed E-state index contributed by atoms with van der Waals surface area (Å²) in [6.45, 7) is 3.59. The van der Waals surface area contributed by atoms with Crippen LogP contribution in [0.5, 0.6) is 0 Å². The summed E-state index contributed by atoms with van der Waals surface area (Å²) in [7, 11) is -3.58. The van der Waals surface area contributed by atoms with Crippen LogP contribution in [0, 0.1) is 11.3 Å². The maximum atomic E-state index is 11.9. The number of nitrogens with zero attached hydrogens (tertiary/aromatic N) is 1. The molecule has 0 radical (unpaired) electrons. The van der Waals surface area contributed by atoms with Crippen LogP contribution in [0.25, 0.3) is 0 Å². The Morgan fingerprint density at radius 3 is 2.62 bits per heavy atom.